The van der Waals surface area contributed by atoms with Gasteiger partial charge in [-0.2, -0.15) is 0 Å². The molecule has 9 heavy (non-hydrogen) atoms. The molecule has 0 aromatic carbocycles. The van der Waals surface area contributed by atoms with Gasteiger partial charge in [0.1, 0.15) is 0 Å². The van der Waals surface area contributed by atoms with Crippen LogP contribution in [0.5, 0.6) is 0 Å². The summed E-state index contributed by atoms with van der Waals surface area (Å²) in [5.41, 5.74) is 0. The van der Waals surface area contributed by atoms with Gasteiger partial charge in [-0.1, -0.05) is 18.2 Å². The van der Waals surface area contributed by atoms with Crippen LogP contribution in [-0.2, 0) is 11.1 Å². The van der Waals surface area contributed by atoms with Crippen LogP contribution in [0.1, 0.15) is 13.8 Å². The lowest BCUT2D eigenvalue weighted by Crippen LogP contribution is -1.85. The molecule has 1 atom stereocenters. The molecule has 0 saturated carbocycles. The Bertz CT molecular complexity index is 158. The summed E-state index contributed by atoms with van der Waals surface area (Å²) in [7, 11) is 0. The van der Waals surface area contributed by atoms with Crippen molar-refractivity contribution in [2.24, 2.45) is 0 Å². The maximum atomic E-state index is 10.1. The maximum Gasteiger partial charge on any atom is -0.000717 e. The predicted octanol–water partition coefficient (Wildman–Crippen LogP) is 1.35. The van der Waals surface area contributed by atoms with Crippen molar-refractivity contribution in [3.05, 3.63) is 23.1 Å². The Morgan fingerprint density at radius 3 is 2.56 bits per heavy atom. The first-order valence-electron chi connectivity index (χ1n) is 2.57. The molecular formula is C6H9O2S-. The van der Waals surface area contributed by atoms with Gasteiger partial charge < -0.3 is 4.55 Å². The molecular weight excluding hydrogens is 136 g/mol. The van der Waals surface area contributed by atoms with Crippen LogP contribution in [0.25, 0.3) is 0 Å². The second-order valence-electron chi connectivity index (χ2n) is 1.54. The molecule has 0 spiro atoms. The van der Waals surface area contributed by atoms with E-state index in [-0.39, 0.29) is 0 Å². The zero-order chi connectivity index (χ0) is 7.28. The van der Waals surface area contributed by atoms with Crippen LogP contribution in [0, 0.1) is 0 Å². The van der Waals surface area contributed by atoms with Crippen molar-refractivity contribution >= 4 is 11.1 Å². The highest BCUT2D eigenvalue weighted by Crippen LogP contribution is 1.95. The average Bonchev–Trinajstić information content (AvgIpc) is 1.82. The van der Waals surface area contributed by atoms with Gasteiger partial charge in [0.15, 0.2) is 0 Å². The summed E-state index contributed by atoms with van der Waals surface area (Å²) in [5, 5.41) is 0. The quantitative estimate of drug-likeness (QED) is 0.434. The number of hydrogen-bond acceptors (Lipinski definition) is 2. The van der Waals surface area contributed by atoms with Crippen molar-refractivity contribution in [1.82, 2.24) is 0 Å². The van der Waals surface area contributed by atoms with E-state index in [1.807, 2.05) is 6.92 Å². The van der Waals surface area contributed by atoms with E-state index in [4.69, 9.17) is 0 Å². The molecule has 0 aliphatic heterocycles. The van der Waals surface area contributed by atoms with Gasteiger partial charge in [0.25, 0.3) is 0 Å². The third-order valence-corrected chi connectivity index (χ3v) is 1.45. The average molecular weight is 145 g/mol. The van der Waals surface area contributed by atoms with Crippen molar-refractivity contribution in [3.8, 4) is 0 Å². The molecule has 0 saturated heterocycles. The summed E-state index contributed by atoms with van der Waals surface area (Å²) in [5.74, 6) is 0. The molecule has 0 amide bonds. The first-order chi connectivity index (χ1) is 4.18. The minimum atomic E-state index is -2.05. The highest BCUT2D eigenvalue weighted by atomic mass is 32.2. The molecule has 3 heteroatoms. The third-order valence-electron chi connectivity index (χ3n) is 0.786. The van der Waals surface area contributed by atoms with Gasteiger partial charge >= 0.3 is 0 Å². The molecule has 0 aliphatic carbocycles. The fourth-order valence-electron chi connectivity index (χ4n) is 0.287. The highest BCUT2D eigenvalue weighted by molar-refractivity contribution is 7.83. The molecule has 0 aliphatic rings. The Morgan fingerprint density at radius 1 is 1.67 bits per heavy atom. The lowest BCUT2D eigenvalue weighted by Gasteiger charge is -2.01. The highest BCUT2D eigenvalue weighted by Gasteiger charge is 1.81. The molecule has 2 nitrogen and oxygen atoms in total. The molecule has 0 fully saturated rings. The summed E-state index contributed by atoms with van der Waals surface area (Å²) >= 11 is -2.05. The zero-order valence-corrected chi connectivity index (χ0v) is 6.27. The van der Waals surface area contributed by atoms with Crippen molar-refractivity contribution < 1.29 is 8.76 Å². The van der Waals surface area contributed by atoms with Crippen LogP contribution >= 0.6 is 0 Å². The van der Waals surface area contributed by atoms with Crippen LogP contribution < -0.4 is 0 Å². The van der Waals surface area contributed by atoms with Crippen molar-refractivity contribution in [3.63, 3.8) is 0 Å². The van der Waals surface area contributed by atoms with E-state index in [1.165, 1.54) is 0 Å². The second-order valence-corrected chi connectivity index (χ2v) is 2.65. The fraction of sp³-hybridized carbons (Fsp3) is 0.333. The number of hydrogen-bond donors (Lipinski definition) is 0. The molecule has 52 valence electrons. The van der Waals surface area contributed by atoms with Gasteiger partial charge in [-0.05, 0) is 29.8 Å². The standard InChI is InChI=1S/C6H10O2S/c1-3-4-5-6(2)9(7)8/h3-5H,1-2H3,(H,7,8)/p-1/b4-3-,6-5+. The number of allylic oxidation sites excluding steroid dienone is 4. The summed E-state index contributed by atoms with van der Waals surface area (Å²) in [6.45, 7) is 3.38. The van der Waals surface area contributed by atoms with E-state index in [0.717, 1.165) is 0 Å². The lowest BCUT2D eigenvalue weighted by atomic mass is 10.5. The normalized spacial score (nSPS) is 16.6. The Labute approximate surface area is 57.6 Å². The van der Waals surface area contributed by atoms with Crippen LogP contribution in [0.4, 0.5) is 0 Å². The summed E-state index contributed by atoms with van der Waals surface area (Å²) < 4.78 is 20.2. The SMILES string of the molecule is C/C=C\C=C(/C)S(=O)[O-]. The van der Waals surface area contributed by atoms with E-state index in [1.54, 1.807) is 25.2 Å². The smallest absolute Gasteiger partial charge is 0.000717 e. The van der Waals surface area contributed by atoms with Crippen molar-refractivity contribution in [2.45, 2.75) is 13.8 Å². The zero-order valence-electron chi connectivity index (χ0n) is 5.46. The van der Waals surface area contributed by atoms with Gasteiger partial charge in [-0.25, -0.2) is 0 Å². The van der Waals surface area contributed by atoms with Crippen LogP contribution in [0.15, 0.2) is 23.1 Å². The topological polar surface area (TPSA) is 40.1 Å². The van der Waals surface area contributed by atoms with Crippen LogP contribution in [-0.4, -0.2) is 8.76 Å². The minimum Gasteiger partial charge on any atom is -0.769 e. The second kappa shape index (κ2) is 4.47. The van der Waals surface area contributed by atoms with E-state index in [0.29, 0.717) is 4.91 Å². The first-order valence-corrected chi connectivity index (χ1v) is 3.65. The molecule has 0 aromatic heterocycles. The molecule has 0 aromatic rings. The molecule has 0 bridgehead atoms. The molecule has 0 rings (SSSR count). The molecule has 0 radical (unpaired) electrons. The van der Waals surface area contributed by atoms with Gasteiger partial charge in [0, 0.05) is 0 Å². The molecule has 0 heterocycles. The van der Waals surface area contributed by atoms with Crippen molar-refractivity contribution in [2.75, 3.05) is 0 Å². The van der Waals surface area contributed by atoms with E-state index in [2.05, 4.69) is 0 Å². The largest absolute Gasteiger partial charge is 0.769 e. The Morgan fingerprint density at radius 2 is 2.22 bits per heavy atom. The van der Waals surface area contributed by atoms with Crippen molar-refractivity contribution in [1.29, 1.82) is 0 Å². The van der Waals surface area contributed by atoms with E-state index < -0.39 is 11.1 Å². The number of rotatable bonds is 2. The van der Waals surface area contributed by atoms with E-state index >= 15 is 0 Å². The predicted molar refractivity (Wildman–Crippen MR) is 37.5 cm³/mol. The lowest BCUT2D eigenvalue weighted by molar-refractivity contribution is 0.543. The third kappa shape index (κ3) is 4.12. The molecule has 1 unspecified atom stereocenters. The molecule has 0 N–H and O–H groups in total. The van der Waals surface area contributed by atoms with Gasteiger partial charge in [0.2, 0.25) is 0 Å². The first kappa shape index (κ1) is 8.59. The van der Waals surface area contributed by atoms with Gasteiger partial charge in [-0.15, -0.1) is 0 Å². The van der Waals surface area contributed by atoms with Gasteiger partial charge in [-0.3, -0.25) is 4.21 Å². The summed E-state index contributed by atoms with van der Waals surface area (Å²) in [6, 6.07) is 0. The summed E-state index contributed by atoms with van der Waals surface area (Å²) in [4.78, 5) is 0.355. The Balaban J connectivity index is 4.00. The van der Waals surface area contributed by atoms with E-state index in [9.17, 15) is 8.76 Å². The van der Waals surface area contributed by atoms with Gasteiger partial charge in [0.05, 0.1) is 0 Å². The van der Waals surface area contributed by atoms with Crippen LogP contribution in [0.2, 0.25) is 0 Å². The minimum absolute atomic E-state index is 0.355. The Kier molecular flexibility index (Phi) is 4.26. The maximum absolute atomic E-state index is 10.1. The monoisotopic (exact) mass is 145 g/mol. The Hall–Kier alpha value is -0.410. The summed E-state index contributed by atoms with van der Waals surface area (Å²) in [6.07, 6.45) is 5.00. The van der Waals surface area contributed by atoms with Crippen LogP contribution in [0.3, 0.4) is 0 Å². The fourth-order valence-corrected chi connectivity index (χ4v) is 0.477.